The van der Waals surface area contributed by atoms with E-state index in [4.69, 9.17) is 0 Å². The van der Waals surface area contributed by atoms with Gasteiger partial charge in [-0.3, -0.25) is 9.59 Å². The zero-order chi connectivity index (χ0) is 21.7. The summed E-state index contributed by atoms with van der Waals surface area (Å²) in [5.74, 6) is -1.52. The first kappa shape index (κ1) is 21.0. The highest BCUT2D eigenvalue weighted by molar-refractivity contribution is 6.10. The second-order valence-electron chi connectivity index (χ2n) is 6.43. The number of alkyl halides is 3. The zero-order valence-electron chi connectivity index (χ0n) is 15.5. The van der Waals surface area contributed by atoms with Crippen molar-refractivity contribution in [3.05, 3.63) is 95.3 Å². The van der Waals surface area contributed by atoms with Gasteiger partial charge in [0.2, 0.25) is 5.91 Å². The van der Waals surface area contributed by atoms with Gasteiger partial charge in [-0.15, -0.1) is 0 Å². The van der Waals surface area contributed by atoms with Crippen LogP contribution in [0.4, 0.5) is 28.9 Å². The molecule has 4 nitrogen and oxygen atoms in total. The molecule has 3 aromatic carbocycles. The minimum absolute atomic E-state index is 0.0257. The molecule has 0 atom stereocenters. The molecule has 0 saturated heterocycles. The standard InChI is InChI=1S/C22H16F4N2O2/c23-16-10-8-14(9-11-16)12-20(29)28-19-7-2-1-6-18(19)21(30)27-17-5-3-4-15(13-17)22(24,25)26/h1-11,13H,12H2,(H,27,30)(H,28,29). The fraction of sp³-hybridized carbons (Fsp3) is 0.0909. The van der Waals surface area contributed by atoms with Crippen LogP contribution in [0.1, 0.15) is 21.5 Å². The maximum absolute atomic E-state index is 13.0. The van der Waals surface area contributed by atoms with E-state index in [-0.39, 0.29) is 23.4 Å². The monoisotopic (exact) mass is 416 g/mol. The van der Waals surface area contributed by atoms with Crippen molar-refractivity contribution >= 4 is 23.2 Å². The highest BCUT2D eigenvalue weighted by atomic mass is 19.4. The molecule has 3 aromatic rings. The van der Waals surface area contributed by atoms with Crippen LogP contribution >= 0.6 is 0 Å². The molecule has 0 aliphatic rings. The average Bonchev–Trinajstić information content (AvgIpc) is 2.69. The maximum atomic E-state index is 13.0. The number of rotatable bonds is 5. The van der Waals surface area contributed by atoms with E-state index < -0.39 is 29.4 Å². The SMILES string of the molecule is O=C(Cc1ccc(F)cc1)Nc1ccccc1C(=O)Nc1cccc(C(F)(F)F)c1. The topological polar surface area (TPSA) is 58.2 Å². The Morgan fingerprint density at radius 3 is 2.23 bits per heavy atom. The third-order valence-corrected chi connectivity index (χ3v) is 4.17. The number of benzene rings is 3. The van der Waals surface area contributed by atoms with Crippen molar-refractivity contribution in [2.24, 2.45) is 0 Å². The minimum Gasteiger partial charge on any atom is -0.325 e. The van der Waals surface area contributed by atoms with E-state index >= 15 is 0 Å². The van der Waals surface area contributed by atoms with Gasteiger partial charge in [0, 0.05) is 5.69 Å². The Kier molecular flexibility index (Phi) is 6.15. The summed E-state index contributed by atoms with van der Waals surface area (Å²) in [6, 6.07) is 15.8. The third kappa shape index (κ3) is 5.44. The number of hydrogen-bond acceptors (Lipinski definition) is 2. The van der Waals surface area contributed by atoms with Crippen molar-refractivity contribution in [2.45, 2.75) is 12.6 Å². The van der Waals surface area contributed by atoms with Crippen molar-refractivity contribution < 1.29 is 27.2 Å². The van der Waals surface area contributed by atoms with Gasteiger partial charge in [-0.2, -0.15) is 13.2 Å². The summed E-state index contributed by atoms with van der Waals surface area (Å²) in [5.41, 5.74) is -0.0419. The van der Waals surface area contributed by atoms with Gasteiger partial charge in [0.05, 0.1) is 23.2 Å². The molecule has 30 heavy (non-hydrogen) atoms. The quantitative estimate of drug-likeness (QED) is 0.556. The van der Waals surface area contributed by atoms with Gasteiger partial charge < -0.3 is 10.6 Å². The number of carbonyl (C=O) groups excluding carboxylic acids is 2. The zero-order valence-corrected chi connectivity index (χ0v) is 15.5. The van der Waals surface area contributed by atoms with E-state index in [9.17, 15) is 27.2 Å². The maximum Gasteiger partial charge on any atom is 0.416 e. The first-order valence-electron chi connectivity index (χ1n) is 8.84. The predicted molar refractivity (Wildman–Crippen MR) is 105 cm³/mol. The van der Waals surface area contributed by atoms with Gasteiger partial charge in [-0.1, -0.05) is 30.3 Å². The summed E-state index contributed by atoms with van der Waals surface area (Å²) in [4.78, 5) is 24.9. The lowest BCUT2D eigenvalue weighted by Crippen LogP contribution is -2.19. The molecule has 0 heterocycles. The summed E-state index contributed by atoms with van der Waals surface area (Å²) in [6.07, 6.45) is -4.57. The second-order valence-corrected chi connectivity index (χ2v) is 6.43. The number of amides is 2. The summed E-state index contributed by atoms with van der Waals surface area (Å²) in [7, 11) is 0. The molecule has 0 aromatic heterocycles. The molecule has 0 aliphatic heterocycles. The van der Waals surface area contributed by atoms with Crippen LogP contribution in [0.5, 0.6) is 0 Å². The van der Waals surface area contributed by atoms with Crippen molar-refractivity contribution in [3.63, 3.8) is 0 Å². The molecule has 0 bridgehead atoms. The lowest BCUT2D eigenvalue weighted by molar-refractivity contribution is -0.137. The van der Waals surface area contributed by atoms with Gasteiger partial charge in [-0.25, -0.2) is 4.39 Å². The Labute approximate surface area is 169 Å². The fourth-order valence-electron chi connectivity index (χ4n) is 2.74. The Morgan fingerprint density at radius 2 is 1.53 bits per heavy atom. The second kappa shape index (κ2) is 8.77. The molecule has 0 radical (unpaired) electrons. The number of para-hydroxylation sites is 1. The number of nitrogens with one attached hydrogen (secondary N) is 2. The lowest BCUT2D eigenvalue weighted by Gasteiger charge is -2.13. The molecular weight excluding hydrogens is 400 g/mol. The molecule has 3 rings (SSSR count). The van der Waals surface area contributed by atoms with Crippen LogP contribution in [-0.2, 0) is 17.4 Å². The Hall–Kier alpha value is -3.68. The number of hydrogen-bond donors (Lipinski definition) is 2. The predicted octanol–water partition coefficient (Wildman–Crippen LogP) is 5.28. The summed E-state index contributed by atoms with van der Waals surface area (Å²) >= 11 is 0. The van der Waals surface area contributed by atoms with Crippen LogP contribution in [0.15, 0.2) is 72.8 Å². The van der Waals surface area contributed by atoms with Crippen LogP contribution < -0.4 is 10.6 Å². The number of anilines is 2. The van der Waals surface area contributed by atoms with Crippen LogP contribution in [0.2, 0.25) is 0 Å². The third-order valence-electron chi connectivity index (χ3n) is 4.17. The highest BCUT2D eigenvalue weighted by Gasteiger charge is 2.30. The summed E-state index contributed by atoms with van der Waals surface area (Å²) < 4.78 is 51.5. The van der Waals surface area contributed by atoms with Gasteiger partial charge in [0.15, 0.2) is 0 Å². The van der Waals surface area contributed by atoms with Gasteiger partial charge in [-0.05, 0) is 48.0 Å². The first-order valence-corrected chi connectivity index (χ1v) is 8.84. The number of halogens is 4. The minimum atomic E-state index is -4.53. The van der Waals surface area contributed by atoms with Gasteiger partial charge in [0.1, 0.15) is 5.82 Å². The Morgan fingerprint density at radius 1 is 0.833 bits per heavy atom. The van der Waals surface area contributed by atoms with Crippen molar-refractivity contribution in [3.8, 4) is 0 Å². The van der Waals surface area contributed by atoms with E-state index in [1.807, 2.05) is 0 Å². The van der Waals surface area contributed by atoms with Crippen LogP contribution in [0.25, 0.3) is 0 Å². The van der Waals surface area contributed by atoms with Crippen LogP contribution in [0.3, 0.4) is 0 Å². The van der Waals surface area contributed by atoms with Crippen molar-refractivity contribution in [1.29, 1.82) is 0 Å². The van der Waals surface area contributed by atoms with Crippen molar-refractivity contribution in [2.75, 3.05) is 10.6 Å². The van der Waals surface area contributed by atoms with Gasteiger partial charge >= 0.3 is 6.18 Å². The summed E-state index contributed by atoms with van der Waals surface area (Å²) in [5, 5.41) is 5.01. The molecule has 0 fully saturated rings. The van der Waals surface area contributed by atoms with E-state index in [1.165, 1.54) is 48.5 Å². The van der Waals surface area contributed by atoms with E-state index in [1.54, 1.807) is 12.1 Å². The molecule has 2 amide bonds. The molecule has 2 N–H and O–H groups in total. The lowest BCUT2D eigenvalue weighted by atomic mass is 10.1. The Balaban J connectivity index is 1.73. The first-order chi connectivity index (χ1) is 14.2. The molecular formula is C22H16F4N2O2. The number of carbonyl (C=O) groups is 2. The van der Waals surface area contributed by atoms with Crippen molar-refractivity contribution in [1.82, 2.24) is 0 Å². The highest BCUT2D eigenvalue weighted by Crippen LogP contribution is 2.31. The van der Waals surface area contributed by atoms with E-state index in [0.29, 0.717) is 5.56 Å². The molecule has 0 saturated carbocycles. The van der Waals surface area contributed by atoms with Gasteiger partial charge in [0.25, 0.3) is 5.91 Å². The smallest absolute Gasteiger partial charge is 0.325 e. The van der Waals surface area contributed by atoms with Crippen LogP contribution in [0, 0.1) is 5.82 Å². The largest absolute Gasteiger partial charge is 0.416 e. The van der Waals surface area contributed by atoms with E-state index in [2.05, 4.69) is 10.6 Å². The fourth-order valence-corrected chi connectivity index (χ4v) is 2.74. The molecule has 0 spiro atoms. The molecule has 8 heteroatoms. The van der Waals surface area contributed by atoms with Crippen LogP contribution in [-0.4, -0.2) is 11.8 Å². The van der Waals surface area contributed by atoms with E-state index in [0.717, 1.165) is 12.1 Å². The molecule has 154 valence electrons. The normalized spacial score (nSPS) is 11.1. The Bertz CT molecular complexity index is 1060. The molecule has 0 unspecified atom stereocenters. The molecule has 0 aliphatic carbocycles. The average molecular weight is 416 g/mol. The summed E-state index contributed by atoms with van der Waals surface area (Å²) in [6.45, 7) is 0.